The van der Waals surface area contributed by atoms with Crippen LogP contribution in [0, 0.1) is 5.82 Å². The minimum absolute atomic E-state index is 0.216. The summed E-state index contributed by atoms with van der Waals surface area (Å²) in [5.41, 5.74) is 1.86. The van der Waals surface area contributed by atoms with Crippen LogP contribution in [0.25, 0.3) is 11.1 Å². The van der Waals surface area contributed by atoms with Gasteiger partial charge in [0.15, 0.2) is 0 Å². The Labute approximate surface area is 87.8 Å². The summed E-state index contributed by atoms with van der Waals surface area (Å²) in [5.74, 6) is -0.216. The Morgan fingerprint density at radius 1 is 0.857 bits per heavy atom. The zero-order valence-corrected chi connectivity index (χ0v) is 8.34. The van der Waals surface area contributed by atoms with Crippen LogP contribution in [0.15, 0.2) is 53.4 Å². The summed E-state index contributed by atoms with van der Waals surface area (Å²) >= 11 is 4.24. The zero-order chi connectivity index (χ0) is 9.97. The molecule has 0 saturated heterocycles. The van der Waals surface area contributed by atoms with E-state index in [0.717, 1.165) is 16.0 Å². The molecule has 0 saturated carbocycles. The van der Waals surface area contributed by atoms with Crippen molar-refractivity contribution in [3.8, 4) is 11.1 Å². The molecule has 0 amide bonds. The van der Waals surface area contributed by atoms with Crippen LogP contribution >= 0.6 is 12.6 Å². The molecule has 2 aromatic carbocycles. The van der Waals surface area contributed by atoms with Gasteiger partial charge in [0.1, 0.15) is 5.82 Å². The topological polar surface area (TPSA) is 0 Å². The number of thiol groups is 1. The van der Waals surface area contributed by atoms with Gasteiger partial charge < -0.3 is 0 Å². The lowest BCUT2D eigenvalue weighted by molar-refractivity contribution is 0.628. The van der Waals surface area contributed by atoms with E-state index in [0.29, 0.717) is 0 Å². The van der Waals surface area contributed by atoms with Crippen LogP contribution in [-0.2, 0) is 0 Å². The molecule has 0 aromatic heterocycles. The second-order valence-electron chi connectivity index (χ2n) is 3.06. The lowest BCUT2D eigenvalue weighted by Gasteiger charge is -2.02. The molecule has 0 aliphatic rings. The van der Waals surface area contributed by atoms with Gasteiger partial charge in [-0.15, -0.1) is 12.6 Å². The third-order valence-electron chi connectivity index (χ3n) is 2.00. The van der Waals surface area contributed by atoms with Crippen molar-refractivity contribution >= 4 is 12.6 Å². The molecule has 0 aliphatic carbocycles. The van der Waals surface area contributed by atoms with Crippen molar-refractivity contribution in [1.82, 2.24) is 0 Å². The van der Waals surface area contributed by atoms with Gasteiger partial charge in [-0.05, 0) is 35.4 Å². The maximum Gasteiger partial charge on any atom is 0.123 e. The molecular weight excluding hydrogens is 195 g/mol. The van der Waals surface area contributed by atoms with Crippen molar-refractivity contribution in [3.05, 3.63) is 54.3 Å². The fraction of sp³-hybridized carbons (Fsp3) is 0. The van der Waals surface area contributed by atoms with Gasteiger partial charge in [-0.3, -0.25) is 0 Å². The molecule has 0 heterocycles. The summed E-state index contributed by atoms with van der Waals surface area (Å²) in [6.07, 6.45) is 0. The van der Waals surface area contributed by atoms with Gasteiger partial charge in [-0.25, -0.2) is 4.39 Å². The monoisotopic (exact) mass is 204 g/mol. The highest BCUT2D eigenvalue weighted by Crippen LogP contribution is 2.22. The molecule has 70 valence electrons. The molecule has 0 fully saturated rings. The highest BCUT2D eigenvalue weighted by atomic mass is 32.1. The van der Waals surface area contributed by atoms with Crippen LogP contribution in [0.1, 0.15) is 0 Å². The van der Waals surface area contributed by atoms with E-state index >= 15 is 0 Å². The van der Waals surface area contributed by atoms with Crippen molar-refractivity contribution in [3.63, 3.8) is 0 Å². The van der Waals surface area contributed by atoms with Gasteiger partial charge in [0.05, 0.1) is 0 Å². The van der Waals surface area contributed by atoms with Gasteiger partial charge in [0.25, 0.3) is 0 Å². The Bertz CT molecular complexity index is 408. The highest BCUT2D eigenvalue weighted by Gasteiger charge is 1.98. The summed E-state index contributed by atoms with van der Waals surface area (Å²) in [7, 11) is 0. The standard InChI is InChI=1S/C12H9FS/c13-11-5-1-3-9(7-11)10-4-2-6-12(14)8-10/h1-8,14H. The molecular formula is C12H9FS. The highest BCUT2D eigenvalue weighted by molar-refractivity contribution is 7.80. The number of halogens is 1. The first-order chi connectivity index (χ1) is 6.75. The third-order valence-corrected chi connectivity index (χ3v) is 2.28. The number of hydrogen-bond acceptors (Lipinski definition) is 1. The maximum absolute atomic E-state index is 12.9. The summed E-state index contributed by atoms with van der Waals surface area (Å²) in [4.78, 5) is 0.881. The van der Waals surface area contributed by atoms with Gasteiger partial charge in [-0.1, -0.05) is 24.3 Å². The smallest absolute Gasteiger partial charge is 0.123 e. The van der Waals surface area contributed by atoms with Gasteiger partial charge in [0, 0.05) is 4.90 Å². The molecule has 0 unspecified atom stereocenters. The molecule has 14 heavy (non-hydrogen) atoms. The predicted octanol–water partition coefficient (Wildman–Crippen LogP) is 3.78. The lowest BCUT2D eigenvalue weighted by Crippen LogP contribution is -1.79. The van der Waals surface area contributed by atoms with Crippen LogP contribution < -0.4 is 0 Å². The number of benzene rings is 2. The molecule has 2 heteroatoms. The lowest BCUT2D eigenvalue weighted by atomic mass is 10.1. The summed E-state index contributed by atoms with van der Waals surface area (Å²) in [5, 5.41) is 0. The molecule has 2 aromatic rings. The third kappa shape index (κ3) is 1.96. The first-order valence-corrected chi connectivity index (χ1v) is 4.75. The fourth-order valence-corrected chi connectivity index (χ4v) is 1.58. The second kappa shape index (κ2) is 3.84. The van der Waals surface area contributed by atoms with Crippen LogP contribution in [0.3, 0.4) is 0 Å². The van der Waals surface area contributed by atoms with Crippen LogP contribution in [0.2, 0.25) is 0 Å². The number of hydrogen-bond donors (Lipinski definition) is 1. The van der Waals surface area contributed by atoms with E-state index < -0.39 is 0 Å². The molecule has 2 rings (SSSR count). The first-order valence-electron chi connectivity index (χ1n) is 4.31. The Morgan fingerprint density at radius 2 is 1.50 bits per heavy atom. The van der Waals surface area contributed by atoms with Crippen LogP contribution in [0.5, 0.6) is 0 Å². The molecule has 0 radical (unpaired) electrons. The van der Waals surface area contributed by atoms with E-state index in [4.69, 9.17) is 0 Å². The Hall–Kier alpha value is -1.28. The quantitative estimate of drug-likeness (QED) is 0.671. The Morgan fingerprint density at radius 3 is 2.14 bits per heavy atom. The molecule has 0 bridgehead atoms. The molecule has 0 atom stereocenters. The van der Waals surface area contributed by atoms with E-state index in [-0.39, 0.29) is 5.82 Å². The molecule has 0 aliphatic heterocycles. The van der Waals surface area contributed by atoms with Crippen molar-refractivity contribution in [2.45, 2.75) is 4.90 Å². The normalized spacial score (nSPS) is 10.1. The van der Waals surface area contributed by atoms with Crippen molar-refractivity contribution in [1.29, 1.82) is 0 Å². The Balaban J connectivity index is 2.49. The van der Waals surface area contributed by atoms with Gasteiger partial charge >= 0.3 is 0 Å². The Kier molecular flexibility index (Phi) is 2.55. The maximum atomic E-state index is 12.9. The van der Waals surface area contributed by atoms with Gasteiger partial charge in [0.2, 0.25) is 0 Å². The summed E-state index contributed by atoms with van der Waals surface area (Å²) in [6.45, 7) is 0. The van der Waals surface area contributed by atoms with Crippen molar-refractivity contribution < 1.29 is 4.39 Å². The van der Waals surface area contributed by atoms with Crippen LogP contribution in [-0.4, -0.2) is 0 Å². The van der Waals surface area contributed by atoms with E-state index in [1.54, 1.807) is 6.07 Å². The average Bonchev–Trinajstić information content (AvgIpc) is 2.18. The van der Waals surface area contributed by atoms with Crippen molar-refractivity contribution in [2.24, 2.45) is 0 Å². The van der Waals surface area contributed by atoms with E-state index in [1.165, 1.54) is 12.1 Å². The van der Waals surface area contributed by atoms with E-state index in [9.17, 15) is 4.39 Å². The van der Waals surface area contributed by atoms with Crippen molar-refractivity contribution in [2.75, 3.05) is 0 Å². The average molecular weight is 204 g/mol. The number of rotatable bonds is 1. The molecule has 0 spiro atoms. The van der Waals surface area contributed by atoms with Crippen LogP contribution in [0.4, 0.5) is 4.39 Å². The zero-order valence-electron chi connectivity index (χ0n) is 7.44. The predicted molar refractivity (Wildman–Crippen MR) is 59.1 cm³/mol. The summed E-state index contributed by atoms with van der Waals surface area (Å²) in [6, 6.07) is 14.2. The minimum Gasteiger partial charge on any atom is -0.207 e. The second-order valence-corrected chi connectivity index (χ2v) is 3.58. The van der Waals surface area contributed by atoms with E-state index in [2.05, 4.69) is 12.6 Å². The van der Waals surface area contributed by atoms with E-state index in [1.807, 2.05) is 30.3 Å². The summed E-state index contributed by atoms with van der Waals surface area (Å²) < 4.78 is 12.9. The van der Waals surface area contributed by atoms with Gasteiger partial charge in [-0.2, -0.15) is 0 Å². The molecule has 0 nitrogen and oxygen atoms in total. The fourth-order valence-electron chi connectivity index (χ4n) is 1.35. The molecule has 0 N–H and O–H groups in total. The first kappa shape index (κ1) is 9.28. The minimum atomic E-state index is -0.216. The SMILES string of the molecule is Fc1cccc(-c2cccc(S)c2)c1. The largest absolute Gasteiger partial charge is 0.207 e.